The van der Waals surface area contributed by atoms with Crippen molar-refractivity contribution in [2.75, 3.05) is 4.72 Å². The minimum absolute atomic E-state index is 0.166. The van der Waals surface area contributed by atoms with E-state index in [9.17, 15) is 13.2 Å². The third-order valence-corrected chi connectivity index (χ3v) is 4.92. The van der Waals surface area contributed by atoms with Gasteiger partial charge in [-0.25, -0.2) is 13.4 Å². The zero-order valence-corrected chi connectivity index (χ0v) is 11.1. The van der Waals surface area contributed by atoms with Crippen molar-refractivity contribution >= 4 is 33.3 Å². The molecule has 0 aliphatic carbocycles. The molecule has 1 aromatic carbocycles. The number of anilines is 1. The van der Waals surface area contributed by atoms with Crippen LogP contribution in [0.2, 0.25) is 0 Å². The van der Waals surface area contributed by atoms with E-state index in [1.807, 2.05) is 0 Å². The van der Waals surface area contributed by atoms with E-state index < -0.39 is 10.0 Å². The quantitative estimate of drug-likeness (QED) is 0.871. The summed E-state index contributed by atoms with van der Waals surface area (Å²) in [5, 5.41) is 0.687. The van der Waals surface area contributed by atoms with Gasteiger partial charge in [-0.15, -0.1) is 11.3 Å². The summed E-state index contributed by atoms with van der Waals surface area (Å²) in [7, 11) is -3.59. The molecule has 0 aliphatic heterocycles. The zero-order chi connectivity index (χ0) is 13.2. The molecule has 0 amide bonds. The van der Waals surface area contributed by atoms with Crippen molar-refractivity contribution in [3.05, 3.63) is 41.0 Å². The third kappa shape index (κ3) is 2.74. The average molecular weight is 282 g/mol. The lowest BCUT2D eigenvalue weighted by Gasteiger charge is -2.05. The number of nitrogens with zero attached hydrogens (tertiary/aromatic N) is 1. The van der Waals surface area contributed by atoms with Crippen molar-refractivity contribution in [2.24, 2.45) is 0 Å². The highest BCUT2D eigenvalue weighted by Gasteiger charge is 2.16. The monoisotopic (exact) mass is 282 g/mol. The van der Waals surface area contributed by atoms with Crippen LogP contribution < -0.4 is 4.72 Å². The summed E-state index contributed by atoms with van der Waals surface area (Å²) in [4.78, 5) is 14.4. The van der Waals surface area contributed by atoms with E-state index in [2.05, 4.69) is 9.71 Å². The van der Waals surface area contributed by atoms with Gasteiger partial charge >= 0.3 is 0 Å². The molecule has 0 fully saturated rings. The first-order valence-electron chi connectivity index (χ1n) is 5.02. The minimum Gasteiger partial charge on any atom is -0.298 e. The van der Waals surface area contributed by atoms with Gasteiger partial charge in [-0.2, -0.15) is 0 Å². The molecule has 94 valence electrons. The topological polar surface area (TPSA) is 76.1 Å². The number of thiazole rings is 1. The Hall–Kier alpha value is -1.73. The summed E-state index contributed by atoms with van der Waals surface area (Å²) < 4.78 is 26.5. The molecule has 0 bridgehead atoms. The first-order valence-corrected chi connectivity index (χ1v) is 7.32. The maximum Gasteiger partial charge on any atom is 0.273 e. The molecule has 1 heterocycles. The maximum absolute atomic E-state index is 12.0. The smallest absolute Gasteiger partial charge is 0.273 e. The Morgan fingerprint density at radius 3 is 2.44 bits per heavy atom. The fourth-order valence-corrected chi connectivity index (χ4v) is 3.47. The summed E-state index contributed by atoms with van der Waals surface area (Å²) in [6.45, 7) is 1.74. The molecule has 0 aliphatic rings. The Balaban J connectivity index is 2.24. The number of rotatable bonds is 4. The highest BCUT2D eigenvalue weighted by atomic mass is 32.2. The molecular weight excluding hydrogens is 272 g/mol. The number of aryl methyl sites for hydroxylation is 1. The van der Waals surface area contributed by atoms with Gasteiger partial charge in [0.05, 0.1) is 11.2 Å². The van der Waals surface area contributed by atoms with Gasteiger partial charge in [-0.3, -0.25) is 9.52 Å². The van der Waals surface area contributed by atoms with Crippen molar-refractivity contribution in [3.63, 3.8) is 0 Å². The molecule has 7 heteroatoms. The van der Waals surface area contributed by atoms with E-state index in [0.29, 0.717) is 22.5 Å². The zero-order valence-electron chi connectivity index (χ0n) is 9.45. The van der Waals surface area contributed by atoms with Crippen LogP contribution in [0.1, 0.15) is 15.4 Å². The number of hydrogen-bond acceptors (Lipinski definition) is 5. The van der Waals surface area contributed by atoms with Crippen molar-refractivity contribution in [2.45, 2.75) is 11.1 Å². The van der Waals surface area contributed by atoms with Crippen LogP contribution in [0.15, 0.2) is 34.7 Å². The highest BCUT2D eigenvalue weighted by molar-refractivity contribution is 7.94. The van der Waals surface area contributed by atoms with E-state index in [1.54, 1.807) is 19.1 Å². The first kappa shape index (κ1) is 12.7. The van der Waals surface area contributed by atoms with Crippen LogP contribution in [0.25, 0.3) is 0 Å². The molecule has 2 aromatic rings. The molecule has 1 N–H and O–H groups in total. The third-order valence-electron chi connectivity index (χ3n) is 2.16. The van der Waals surface area contributed by atoms with Crippen molar-refractivity contribution in [3.8, 4) is 0 Å². The predicted octanol–water partition coefficient (Wildman–Crippen LogP) is 2.06. The molecule has 18 heavy (non-hydrogen) atoms. The fraction of sp³-hybridized carbons (Fsp3) is 0.0909. The van der Waals surface area contributed by atoms with Gasteiger partial charge in [0.25, 0.3) is 10.0 Å². The lowest BCUT2D eigenvalue weighted by Crippen LogP contribution is -2.11. The standard InChI is InChI=1S/C11H10N2O3S2/c1-8-12-6-11(17-8)18(15,16)13-10-4-2-9(7-14)3-5-10/h2-7,13H,1H3. The second-order valence-corrected chi connectivity index (χ2v) is 6.69. The van der Waals surface area contributed by atoms with Gasteiger partial charge in [0.1, 0.15) is 6.29 Å². The number of carbonyl (C=O) groups excluding carboxylic acids is 1. The maximum atomic E-state index is 12.0. The molecule has 0 saturated heterocycles. The minimum atomic E-state index is -3.59. The van der Waals surface area contributed by atoms with E-state index in [1.165, 1.54) is 18.3 Å². The Labute approximate surface area is 109 Å². The number of nitrogens with one attached hydrogen (secondary N) is 1. The lowest BCUT2D eigenvalue weighted by molar-refractivity contribution is 0.112. The van der Waals surface area contributed by atoms with Crippen LogP contribution in [0.3, 0.4) is 0 Å². The van der Waals surface area contributed by atoms with Crippen LogP contribution in [-0.2, 0) is 10.0 Å². The average Bonchev–Trinajstić information content (AvgIpc) is 2.77. The summed E-state index contributed by atoms with van der Waals surface area (Å²) in [6.07, 6.45) is 2.02. The summed E-state index contributed by atoms with van der Waals surface area (Å²) >= 11 is 1.10. The number of aromatic nitrogens is 1. The molecular formula is C11H10N2O3S2. The Kier molecular flexibility index (Phi) is 3.44. The number of hydrogen-bond donors (Lipinski definition) is 1. The normalized spacial score (nSPS) is 11.2. The van der Waals surface area contributed by atoms with Crippen molar-refractivity contribution in [1.29, 1.82) is 0 Å². The first-order chi connectivity index (χ1) is 8.51. The van der Waals surface area contributed by atoms with E-state index in [-0.39, 0.29) is 4.21 Å². The summed E-state index contributed by atoms with van der Waals surface area (Å²) in [5.41, 5.74) is 0.901. The fourth-order valence-electron chi connectivity index (χ4n) is 1.30. The highest BCUT2D eigenvalue weighted by Crippen LogP contribution is 2.21. The van der Waals surface area contributed by atoms with Gasteiger partial charge < -0.3 is 0 Å². The largest absolute Gasteiger partial charge is 0.298 e. The van der Waals surface area contributed by atoms with Crippen molar-refractivity contribution in [1.82, 2.24) is 4.98 Å². The van der Waals surface area contributed by atoms with Crippen LogP contribution in [0.4, 0.5) is 5.69 Å². The SMILES string of the molecule is Cc1ncc(S(=O)(=O)Nc2ccc(C=O)cc2)s1. The molecule has 5 nitrogen and oxygen atoms in total. The van der Waals surface area contributed by atoms with Crippen LogP contribution in [0.5, 0.6) is 0 Å². The van der Waals surface area contributed by atoms with Gasteiger partial charge in [-0.1, -0.05) is 0 Å². The van der Waals surface area contributed by atoms with Gasteiger partial charge in [0, 0.05) is 11.3 Å². The van der Waals surface area contributed by atoms with Gasteiger partial charge in [0.15, 0.2) is 4.21 Å². The molecule has 0 radical (unpaired) electrons. The van der Waals surface area contributed by atoms with Gasteiger partial charge in [-0.05, 0) is 31.2 Å². The van der Waals surface area contributed by atoms with Crippen molar-refractivity contribution < 1.29 is 13.2 Å². The van der Waals surface area contributed by atoms with E-state index in [0.717, 1.165) is 11.3 Å². The number of aldehydes is 1. The molecule has 2 rings (SSSR count). The molecule has 1 aromatic heterocycles. The van der Waals surface area contributed by atoms with E-state index in [4.69, 9.17) is 0 Å². The number of carbonyl (C=O) groups is 1. The summed E-state index contributed by atoms with van der Waals surface area (Å²) in [5.74, 6) is 0. The molecule has 0 spiro atoms. The summed E-state index contributed by atoms with van der Waals surface area (Å²) in [6, 6.07) is 6.16. The predicted molar refractivity (Wildman–Crippen MR) is 69.5 cm³/mol. The Morgan fingerprint density at radius 1 is 1.28 bits per heavy atom. The molecule has 0 saturated carbocycles. The second kappa shape index (κ2) is 4.87. The Bertz CT molecular complexity index is 660. The Morgan fingerprint density at radius 2 is 1.94 bits per heavy atom. The lowest BCUT2D eigenvalue weighted by atomic mass is 10.2. The van der Waals surface area contributed by atoms with Gasteiger partial charge in [0.2, 0.25) is 0 Å². The molecule has 0 unspecified atom stereocenters. The van der Waals surface area contributed by atoms with Crippen LogP contribution in [0, 0.1) is 6.92 Å². The van der Waals surface area contributed by atoms with E-state index >= 15 is 0 Å². The van der Waals surface area contributed by atoms with Crippen LogP contribution in [-0.4, -0.2) is 19.7 Å². The second-order valence-electron chi connectivity index (χ2n) is 3.54. The number of benzene rings is 1. The van der Waals surface area contributed by atoms with Crippen LogP contribution >= 0.6 is 11.3 Å². The number of sulfonamides is 1. The molecule has 0 atom stereocenters.